The lowest BCUT2D eigenvalue weighted by Gasteiger charge is -2.03. The van der Waals surface area contributed by atoms with Crippen molar-refractivity contribution in [2.45, 2.75) is 6.92 Å². The second-order valence-corrected chi connectivity index (χ2v) is 3.01. The Hall–Kier alpha value is -1.72. The molecular formula is C7H10BN5. The van der Waals surface area contributed by atoms with E-state index in [0.717, 1.165) is 11.4 Å². The minimum Gasteiger partial charge on any atom is -0.382 e. The van der Waals surface area contributed by atoms with E-state index in [9.17, 15) is 0 Å². The van der Waals surface area contributed by atoms with Gasteiger partial charge in [-0.2, -0.15) is 0 Å². The average Bonchev–Trinajstić information content (AvgIpc) is 2.36. The third kappa shape index (κ3) is 0.948. The number of aryl methyl sites for hydroxylation is 1. The lowest BCUT2D eigenvalue weighted by molar-refractivity contribution is 1.08. The maximum absolute atomic E-state index is 5.69. The van der Waals surface area contributed by atoms with Crippen molar-refractivity contribution in [2.24, 2.45) is 0 Å². The summed E-state index contributed by atoms with van der Waals surface area (Å²) in [4.78, 5) is 8.15. The van der Waals surface area contributed by atoms with Gasteiger partial charge in [0.25, 0.3) is 0 Å². The lowest BCUT2D eigenvalue weighted by atomic mass is 10.1. The monoisotopic (exact) mass is 175 g/mol. The molecule has 0 saturated heterocycles. The first-order chi connectivity index (χ1) is 6.11. The van der Waals surface area contributed by atoms with Crippen molar-refractivity contribution in [1.29, 1.82) is 0 Å². The molecule has 13 heavy (non-hydrogen) atoms. The van der Waals surface area contributed by atoms with Gasteiger partial charge in [0.2, 0.25) is 0 Å². The molecule has 66 valence electrons. The van der Waals surface area contributed by atoms with Gasteiger partial charge in [-0.3, -0.25) is 0 Å². The predicted octanol–water partition coefficient (Wildman–Crippen LogP) is -1.54. The first-order valence-electron chi connectivity index (χ1n) is 3.97. The van der Waals surface area contributed by atoms with Crippen LogP contribution in [0.15, 0.2) is 6.20 Å². The van der Waals surface area contributed by atoms with Crippen LogP contribution in [-0.4, -0.2) is 22.2 Å². The van der Waals surface area contributed by atoms with Gasteiger partial charge in [0.1, 0.15) is 5.52 Å². The second kappa shape index (κ2) is 2.38. The zero-order valence-electron chi connectivity index (χ0n) is 7.57. The standard InChI is InChI=1S/C7H10BN5/c1-3-2-11-5(9)4-6(10)12-7(8)13(3)4/h2H,8,10H2,1H3,(H2,9,11). The Labute approximate surface area is 76.2 Å². The molecule has 0 aliphatic heterocycles. The quantitative estimate of drug-likeness (QED) is 0.475. The van der Waals surface area contributed by atoms with Gasteiger partial charge in [-0.1, -0.05) is 0 Å². The fraction of sp³-hybridized carbons (Fsp3) is 0.143. The summed E-state index contributed by atoms with van der Waals surface area (Å²) >= 11 is 0. The molecule has 0 aromatic carbocycles. The molecule has 5 nitrogen and oxygen atoms in total. The fourth-order valence-corrected chi connectivity index (χ4v) is 1.51. The molecule has 2 rings (SSSR count). The van der Waals surface area contributed by atoms with Gasteiger partial charge >= 0.3 is 0 Å². The second-order valence-electron chi connectivity index (χ2n) is 3.01. The fourth-order valence-electron chi connectivity index (χ4n) is 1.51. The zero-order chi connectivity index (χ0) is 9.59. The van der Waals surface area contributed by atoms with Crippen LogP contribution in [0, 0.1) is 6.92 Å². The molecule has 2 heterocycles. The molecule has 0 fully saturated rings. The van der Waals surface area contributed by atoms with Crippen LogP contribution in [0.2, 0.25) is 0 Å². The maximum atomic E-state index is 5.69. The van der Waals surface area contributed by atoms with Gasteiger partial charge in [0.15, 0.2) is 19.5 Å². The number of nitrogens with two attached hydrogens (primary N) is 2. The summed E-state index contributed by atoms with van der Waals surface area (Å²) in [5, 5.41) is 0. The average molecular weight is 175 g/mol. The summed E-state index contributed by atoms with van der Waals surface area (Å²) in [5.74, 6) is 0.856. The van der Waals surface area contributed by atoms with E-state index in [0.29, 0.717) is 17.2 Å². The number of hydrogen-bond acceptors (Lipinski definition) is 4. The zero-order valence-corrected chi connectivity index (χ0v) is 7.57. The molecule has 2 aromatic heterocycles. The Balaban J connectivity index is 3.03. The van der Waals surface area contributed by atoms with E-state index >= 15 is 0 Å². The summed E-state index contributed by atoms with van der Waals surface area (Å²) < 4.78 is 1.90. The van der Waals surface area contributed by atoms with Gasteiger partial charge in [-0.25, -0.2) is 9.97 Å². The van der Waals surface area contributed by atoms with E-state index in [-0.39, 0.29) is 0 Å². The summed E-state index contributed by atoms with van der Waals surface area (Å²) in [6.07, 6.45) is 1.70. The van der Waals surface area contributed by atoms with Crippen LogP contribution in [0.3, 0.4) is 0 Å². The van der Waals surface area contributed by atoms with E-state index in [4.69, 9.17) is 11.5 Å². The molecule has 2 aromatic rings. The number of anilines is 2. The van der Waals surface area contributed by atoms with Crippen LogP contribution in [0.5, 0.6) is 0 Å². The minimum absolute atomic E-state index is 0.420. The predicted molar refractivity (Wildman–Crippen MR) is 54.7 cm³/mol. The highest BCUT2D eigenvalue weighted by molar-refractivity contribution is 6.30. The first kappa shape index (κ1) is 7.91. The Kier molecular flexibility index (Phi) is 1.45. The van der Waals surface area contributed by atoms with Crippen LogP contribution >= 0.6 is 0 Å². The Morgan fingerprint density at radius 1 is 1.38 bits per heavy atom. The van der Waals surface area contributed by atoms with Gasteiger partial charge < -0.3 is 15.9 Å². The first-order valence-corrected chi connectivity index (χ1v) is 3.97. The summed E-state index contributed by atoms with van der Waals surface area (Å²) in [5.41, 5.74) is 13.9. The van der Waals surface area contributed by atoms with Crippen LogP contribution < -0.4 is 17.2 Å². The van der Waals surface area contributed by atoms with Crippen molar-refractivity contribution in [3.63, 3.8) is 0 Å². The van der Waals surface area contributed by atoms with E-state index in [1.807, 2.05) is 19.2 Å². The molecule has 6 heteroatoms. The molecule has 0 unspecified atom stereocenters. The molecule has 0 amide bonds. The highest BCUT2D eigenvalue weighted by atomic mass is 15.1. The number of nitrogens with zero attached hydrogens (tertiary/aromatic N) is 3. The molecule has 0 spiro atoms. The molecule has 4 N–H and O–H groups in total. The highest BCUT2D eigenvalue weighted by Crippen LogP contribution is 2.16. The van der Waals surface area contributed by atoms with Crippen molar-refractivity contribution in [1.82, 2.24) is 14.4 Å². The Morgan fingerprint density at radius 2 is 2.08 bits per heavy atom. The van der Waals surface area contributed by atoms with Crippen molar-refractivity contribution in [3.05, 3.63) is 11.9 Å². The number of aromatic nitrogens is 3. The Bertz CT molecular complexity index is 433. The van der Waals surface area contributed by atoms with Crippen LogP contribution in [-0.2, 0) is 0 Å². The molecule has 0 saturated carbocycles. The van der Waals surface area contributed by atoms with Gasteiger partial charge in [0.05, 0.1) is 5.72 Å². The van der Waals surface area contributed by atoms with Gasteiger partial charge in [-0.05, 0) is 6.92 Å². The number of nitrogen functional groups attached to an aromatic ring is 2. The van der Waals surface area contributed by atoms with E-state index < -0.39 is 0 Å². The summed E-state index contributed by atoms with van der Waals surface area (Å²) in [6, 6.07) is 0. The number of fused-ring (bicyclic) bond motifs is 1. The largest absolute Gasteiger partial charge is 0.382 e. The van der Waals surface area contributed by atoms with Crippen molar-refractivity contribution < 1.29 is 0 Å². The van der Waals surface area contributed by atoms with Crippen LogP contribution in [0.25, 0.3) is 5.52 Å². The molecule has 0 aliphatic rings. The van der Waals surface area contributed by atoms with Crippen molar-refractivity contribution in [2.75, 3.05) is 11.5 Å². The molecular weight excluding hydrogens is 165 g/mol. The third-order valence-electron chi connectivity index (χ3n) is 2.06. The summed E-state index contributed by atoms with van der Waals surface area (Å²) in [6.45, 7) is 1.94. The van der Waals surface area contributed by atoms with Crippen molar-refractivity contribution >= 4 is 30.7 Å². The molecule has 0 bridgehead atoms. The highest BCUT2D eigenvalue weighted by Gasteiger charge is 2.10. The number of hydrogen-bond donors (Lipinski definition) is 2. The van der Waals surface area contributed by atoms with Crippen LogP contribution in [0.4, 0.5) is 11.6 Å². The number of rotatable bonds is 0. The smallest absolute Gasteiger partial charge is 0.187 e. The maximum Gasteiger partial charge on any atom is 0.187 e. The molecule has 0 aliphatic carbocycles. The SMILES string of the molecule is Bc1nc(N)c2c(N)ncc(C)n12. The van der Waals surface area contributed by atoms with Gasteiger partial charge in [0, 0.05) is 11.9 Å². The summed E-state index contributed by atoms with van der Waals surface area (Å²) in [7, 11) is 1.88. The topological polar surface area (TPSA) is 82.2 Å². The third-order valence-corrected chi connectivity index (χ3v) is 2.06. The van der Waals surface area contributed by atoms with E-state index in [2.05, 4.69) is 9.97 Å². The van der Waals surface area contributed by atoms with E-state index in [1.165, 1.54) is 0 Å². The van der Waals surface area contributed by atoms with E-state index in [1.54, 1.807) is 6.20 Å². The van der Waals surface area contributed by atoms with Crippen molar-refractivity contribution in [3.8, 4) is 0 Å². The molecule has 0 atom stereocenters. The normalized spacial score (nSPS) is 10.8. The Morgan fingerprint density at radius 3 is 2.69 bits per heavy atom. The minimum atomic E-state index is 0.420. The number of imidazole rings is 1. The lowest BCUT2D eigenvalue weighted by Crippen LogP contribution is -2.15. The van der Waals surface area contributed by atoms with Gasteiger partial charge in [-0.15, -0.1) is 0 Å². The molecule has 0 radical (unpaired) electrons. The van der Waals surface area contributed by atoms with Crippen LogP contribution in [0.1, 0.15) is 5.69 Å².